The summed E-state index contributed by atoms with van der Waals surface area (Å²) in [5.74, 6) is 0.272. The van der Waals surface area contributed by atoms with E-state index in [1.54, 1.807) is 37.1 Å². The van der Waals surface area contributed by atoms with Crippen LogP contribution in [-0.4, -0.2) is 13.0 Å². The Balaban J connectivity index is 2.84. The first-order valence-corrected chi connectivity index (χ1v) is 3.14. The van der Waals surface area contributed by atoms with E-state index in [1.165, 1.54) is 0 Å². The first-order chi connectivity index (χ1) is 5.77. The number of nitrogens with two attached hydrogens (primary N) is 1. The van der Waals surface area contributed by atoms with Crippen LogP contribution in [0.4, 0.5) is 0 Å². The van der Waals surface area contributed by atoms with Crippen molar-refractivity contribution in [1.82, 2.24) is 0 Å². The van der Waals surface area contributed by atoms with E-state index < -0.39 is 5.91 Å². The average molecular weight is 152 g/mol. The number of hydrogen-bond donors (Lipinski definition) is 1. The van der Waals surface area contributed by atoms with Gasteiger partial charge in [0.15, 0.2) is 1.41 Å². The molecular formula is C8H9NO2. The number of benzene rings is 1. The van der Waals surface area contributed by atoms with Crippen molar-refractivity contribution in [2.75, 3.05) is 7.11 Å². The van der Waals surface area contributed by atoms with E-state index in [0.29, 0.717) is 11.3 Å². The van der Waals surface area contributed by atoms with Gasteiger partial charge in [-0.15, -0.1) is 0 Å². The number of hydrogen-bond acceptors (Lipinski definition) is 2. The molecule has 0 aromatic heterocycles. The summed E-state index contributed by atoms with van der Waals surface area (Å²) in [7, 11) is 1.56. The first kappa shape index (κ1) is 6.22. The van der Waals surface area contributed by atoms with Crippen LogP contribution in [0.1, 0.15) is 10.4 Å². The van der Waals surface area contributed by atoms with Gasteiger partial charge >= 0.3 is 0 Å². The predicted molar refractivity (Wildman–Crippen MR) is 41.5 cm³/mol. The molecule has 3 nitrogen and oxygen atoms in total. The lowest BCUT2D eigenvalue weighted by atomic mass is 10.2. The molecule has 0 radical (unpaired) electrons. The highest BCUT2D eigenvalue weighted by Gasteiger charge is 1.98. The minimum Gasteiger partial charge on any atom is -0.497 e. The van der Waals surface area contributed by atoms with Gasteiger partial charge in [-0.25, -0.2) is 0 Å². The molecule has 0 saturated heterocycles. The Morgan fingerprint density at radius 2 is 2.18 bits per heavy atom. The lowest BCUT2D eigenvalue weighted by Crippen LogP contribution is -2.10. The van der Waals surface area contributed by atoms with Crippen LogP contribution < -0.4 is 10.5 Å². The Bertz CT molecular complexity index is 271. The molecule has 11 heavy (non-hydrogen) atoms. The molecule has 0 spiro atoms. The van der Waals surface area contributed by atoms with Gasteiger partial charge < -0.3 is 10.5 Å². The molecule has 0 saturated carbocycles. The minimum atomic E-state index is -0.419. The van der Waals surface area contributed by atoms with Gasteiger partial charge in [0.05, 0.1) is 7.11 Å². The molecule has 0 aliphatic carbocycles. The van der Waals surface area contributed by atoms with Gasteiger partial charge in [0.2, 0.25) is 5.91 Å². The molecule has 0 aliphatic heterocycles. The van der Waals surface area contributed by atoms with Crippen LogP contribution in [0.15, 0.2) is 24.3 Å². The fraction of sp³-hybridized carbons (Fsp3) is 0.125. The maximum Gasteiger partial charge on any atom is 0.248 e. The molecular weight excluding hydrogens is 142 g/mol. The lowest BCUT2D eigenvalue weighted by Gasteiger charge is -1.98. The minimum absolute atomic E-state index is 0.419. The summed E-state index contributed by atoms with van der Waals surface area (Å²) in [5.41, 5.74) is 2.24. The molecule has 0 bridgehead atoms. The van der Waals surface area contributed by atoms with Crippen LogP contribution in [0.5, 0.6) is 5.75 Å². The summed E-state index contributed by atoms with van der Waals surface area (Å²) >= 11 is 0. The second-order valence-corrected chi connectivity index (χ2v) is 2.06. The molecule has 0 unspecified atom stereocenters. The molecule has 0 atom stereocenters. The lowest BCUT2D eigenvalue weighted by molar-refractivity contribution is 0.100. The van der Waals surface area contributed by atoms with Crippen molar-refractivity contribution in [1.29, 1.82) is 0 Å². The second-order valence-electron chi connectivity index (χ2n) is 2.06. The maximum atomic E-state index is 10.9. The molecule has 1 amide bonds. The number of carbonyl (C=O) groups excluding carboxylic acids is 1. The number of primary amides is 1. The highest BCUT2D eigenvalue weighted by Crippen LogP contribution is 2.10. The molecule has 1 aromatic rings. The van der Waals surface area contributed by atoms with Gasteiger partial charge in [0.25, 0.3) is 0 Å². The summed E-state index contributed by atoms with van der Waals surface area (Å²) in [6.07, 6.45) is 0. The number of methoxy groups -OCH3 is 1. The van der Waals surface area contributed by atoms with Crippen molar-refractivity contribution in [2.24, 2.45) is 5.73 Å². The number of rotatable bonds is 2. The van der Waals surface area contributed by atoms with Gasteiger partial charge in [0.1, 0.15) is 5.75 Å². The van der Waals surface area contributed by atoms with Crippen LogP contribution in [0, 0.1) is 0 Å². The largest absolute Gasteiger partial charge is 0.497 e. The Kier molecular flexibility index (Phi) is 1.73. The van der Waals surface area contributed by atoms with Gasteiger partial charge in [-0.3, -0.25) is 4.79 Å². The fourth-order valence-corrected chi connectivity index (χ4v) is 0.742. The van der Waals surface area contributed by atoms with Crippen molar-refractivity contribution in [2.45, 2.75) is 0 Å². The van der Waals surface area contributed by atoms with Crippen molar-refractivity contribution >= 4 is 5.91 Å². The molecule has 58 valence electrons. The van der Waals surface area contributed by atoms with Gasteiger partial charge in [-0.2, -0.15) is 0 Å². The molecule has 1 aromatic carbocycles. The first-order valence-electron chi connectivity index (χ1n) is 3.64. The zero-order valence-corrected chi connectivity index (χ0v) is 6.13. The summed E-state index contributed by atoms with van der Waals surface area (Å²) in [4.78, 5) is 10.9. The number of amides is 1. The zero-order chi connectivity index (χ0) is 8.97. The van der Waals surface area contributed by atoms with Crippen molar-refractivity contribution < 1.29 is 10.9 Å². The predicted octanol–water partition coefficient (Wildman–Crippen LogP) is 0.794. The Labute approximate surface area is 66.2 Å². The maximum absolute atomic E-state index is 10.9. The van der Waals surface area contributed by atoms with Crippen molar-refractivity contribution in [3.63, 3.8) is 0 Å². The van der Waals surface area contributed by atoms with Crippen LogP contribution in [0.25, 0.3) is 0 Å². The van der Waals surface area contributed by atoms with Gasteiger partial charge in [-0.1, -0.05) is 0 Å². The second kappa shape index (κ2) is 3.05. The number of ether oxygens (including phenoxy) is 1. The molecule has 0 heterocycles. The molecule has 0 fully saturated rings. The quantitative estimate of drug-likeness (QED) is 0.681. The van der Waals surface area contributed by atoms with E-state index in [9.17, 15) is 4.79 Å². The average Bonchev–Trinajstić information content (AvgIpc) is 2.17. The van der Waals surface area contributed by atoms with Gasteiger partial charge in [0, 0.05) is 5.56 Å². The molecule has 2 N–H and O–H groups in total. The van der Waals surface area contributed by atoms with Crippen LogP contribution >= 0.6 is 0 Å². The number of carbonyl (C=O) groups is 1. The third kappa shape index (κ3) is 1.70. The van der Waals surface area contributed by atoms with E-state index in [-0.39, 0.29) is 0 Å². The topological polar surface area (TPSA) is 52.3 Å². The van der Waals surface area contributed by atoms with E-state index in [1.807, 2.05) is 0 Å². The monoisotopic (exact) mass is 152 g/mol. The Morgan fingerprint density at radius 1 is 1.55 bits per heavy atom. The van der Waals surface area contributed by atoms with Crippen LogP contribution in [0.2, 0.25) is 1.41 Å². The molecule has 0 aliphatic rings. The van der Waals surface area contributed by atoms with Crippen molar-refractivity contribution in [3.8, 4) is 5.75 Å². The standard InChI is InChI=1S/C8H9NO2/c1-11-7-4-2-6(3-5-7)8(9)10/h2-5H,1H3,(H2,9,10)/i/hD. The summed E-state index contributed by atoms with van der Waals surface area (Å²) < 4.78 is 11.5. The fourth-order valence-electron chi connectivity index (χ4n) is 0.742. The van der Waals surface area contributed by atoms with E-state index in [2.05, 4.69) is 0 Å². The third-order valence-electron chi connectivity index (χ3n) is 1.35. The van der Waals surface area contributed by atoms with Gasteiger partial charge in [-0.05, 0) is 24.3 Å². The van der Waals surface area contributed by atoms with E-state index in [4.69, 9.17) is 6.15 Å². The highest BCUT2D eigenvalue weighted by atomic mass is 16.5. The Morgan fingerprint density at radius 3 is 2.64 bits per heavy atom. The van der Waals surface area contributed by atoms with E-state index >= 15 is 0 Å². The smallest absolute Gasteiger partial charge is 0.248 e. The third-order valence-corrected chi connectivity index (χ3v) is 1.35. The highest BCUT2D eigenvalue weighted by molar-refractivity contribution is 5.92. The normalized spacial score (nSPS) is 10.1. The summed E-state index contributed by atoms with van der Waals surface area (Å²) in [6, 6.07) is 6.54. The summed E-state index contributed by atoms with van der Waals surface area (Å²) in [5, 5.41) is 0. The summed E-state index contributed by atoms with van der Waals surface area (Å²) in [6.45, 7) is 0. The molecule has 3 heteroatoms. The molecule has 1 rings (SSSR count). The Hall–Kier alpha value is -1.51. The van der Waals surface area contributed by atoms with Crippen LogP contribution in [-0.2, 0) is 0 Å². The van der Waals surface area contributed by atoms with Crippen LogP contribution in [0.3, 0.4) is 0 Å². The van der Waals surface area contributed by atoms with E-state index in [0.717, 1.165) is 0 Å². The zero-order valence-electron chi connectivity index (χ0n) is 7.13. The van der Waals surface area contributed by atoms with Crippen molar-refractivity contribution in [3.05, 3.63) is 29.8 Å². The SMILES string of the molecule is [2H]NC(=O)c1ccc(OC)cc1.